The lowest BCUT2D eigenvalue weighted by Gasteiger charge is -2.13. The molecule has 0 fully saturated rings. The number of aldehydes is 1. The average Bonchev–Trinajstić information content (AvgIpc) is 2.73. The van der Waals surface area contributed by atoms with Gasteiger partial charge in [0.2, 0.25) is 0 Å². The van der Waals surface area contributed by atoms with Crippen LogP contribution in [0, 0.1) is 13.8 Å². The molecule has 0 aliphatic carbocycles. The van der Waals surface area contributed by atoms with Crippen molar-refractivity contribution in [2.45, 2.75) is 13.8 Å². The van der Waals surface area contributed by atoms with Gasteiger partial charge in [-0.05, 0) is 73.5 Å². The molecule has 0 atom stereocenters. The molecule has 146 valence electrons. The highest BCUT2D eigenvalue weighted by atomic mass is 16.5. The fourth-order valence-electron chi connectivity index (χ4n) is 2.84. The van der Waals surface area contributed by atoms with Crippen LogP contribution in [0.4, 0.5) is 17.1 Å². The summed E-state index contributed by atoms with van der Waals surface area (Å²) in [6.45, 7) is 3.56. The average molecular weight is 387 g/mol. The van der Waals surface area contributed by atoms with Gasteiger partial charge in [-0.15, -0.1) is 0 Å². The van der Waals surface area contributed by atoms with E-state index in [9.17, 15) is 9.59 Å². The van der Waals surface area contributed by atoms with Crippen LogP contribution in [0.3, 0.4) is 0 Å². The van der Waals surface area contributed by atoms with Gasteiger partial charge in [0.15, 0.2) is 6.61 Å². The van der Waals surface area contributed by atoms with Crippen molar-refractivity contribution in [1.82, 2.24) is 0 Å². The third-order valence-electron chi connectivity index (χ3n) is 4.15. The number of benzene rings is 3. The molecule has 0 bridgehead atoms. The number of aryl methyl sites for hydroxylation is 2. The Balaban J connectivity index is 1.56. The van der Waals surface area contributed by atoms with E-state index in [0.717, 1.165) is 23.1 Å². The maximum atomic E-state index is 12.2. The van der Waals surface area contributed by atoms with Gasteiger partial charge in [0, 0.05) is 11.3 Å². The third kappa shape index (κ3) is 5.59. The molecule has 0 unspecified atom stereocenters. The molecule has 3 rings (SSSR count). The van der Waals surface area contributed by atoms with Crippen molar-refractivity contribution >= 4 is 29.3 Å². The quantitative estimate of drug-likeness (QED) is 0.426. The minimum Gasteiger partial charge on any atom is -0.483 e. The molecule has 6 heteroatoms. The molecule has 0 radical (unpaired) electrons. The summed E-state index contributed by atoms with van der Waals surface area (Å²) in [6, 6.07) is 20.0. The Bertz CT molecular complexity index is 1010. The molecule has 6 nitrogen and oxygen atoms in total. The Hall–Kier alpha value is -3.80. The van der Waals surface area contributed by atoms with Crippen molar-refractivity contribution in [3.8, 4) is 5.75 Å². The summed E-state index contributed by atoms with van der Waals surface area (Å²) in [6.07, 6.45) is 0.791. The highest BCUT2D eigenvalue weighted by Gasteiger charge is 2.09. The number of carbonyl (C=O) groups excluding carboxylic acids is 2. The fourth-order valence-corrected chi connectivity index (χ4v) is 2.84. The van der Waals surface area contributed by atoms with Crippen molar-refractivity contribution in [2.24, 2.45) is 10.2 Å². The van der Waals surface area contributed by atoms with E-state index in [-0.39, 0.29) is 12.5 Å². The summed E-state index contributed by atoms with van der Waals surface area (Å²) in [5.74, 6) is 0.337. The second kappa shape index (κ2) is 9.41. The van der Waals surface area contributed by atoms with Gasteiger partial charge in [-0.3, -0.25) is 9.59 Å². The van der Waals surface area contributed by atoms with Gasteiger partial charge in [0.05, 0.1) is 11.4 Å². The van der Waals surface area contributed by atoms with Gasteiger partial charge < -0.3 is 10.1 Å². The summed E-state index contributed by atoms with van der Waals surface area (Å²) in [5.41, 5.74) is 4.31. The second-order valence-electron chi connectivity index (χ2n) is 6.52. The number of hydrogen-bond acceptors (Lipinski definition) is 5. The molecular weight excluding hydrogens is 366 g/mol. The fraction of sp³-hybridized carbons (Fsp3) is 0.130. The van der Waals surface area contributed by atoms with Crippen LogP contribution >= 0.6 is 0 Å². The molecule has 1 N–H and O–H groups in total. The highest BCUT2D eigenvalue weighted by Crippen LogP contribution is 2.24. The van der Waals surface area contributed by atoms with Crippen LogP contribution in [-0.2, 0) is 4.79 Å². The zero-order valence-corrected chi connectivity index (χ0v) is 16.3. The van der Waals surface area contributed by atoms with Crippen molar-refractivity contribution in [2.75, 3.05) is 11.9 Å². The lowest BCUT2D eigenvalue weighted by Crippen LogP contribution is -2.20. The minimum absolute atomic E-state index is 0.127. The summed E-state index contributed by atoms with van der Waals surface area (Å²) in [7, 11) is 0. The van der Waals surface area contributed by atoms with Crippen molar-refractivity contribution < 1.29 is 14.3 Å². The van der Waals surface area contributed by atoms with Crippen LogP contribution in [0.1, 0.15) is 21.5 Å². The largest absolute Gasteiger partial charge is 0.483 e. The Morgan fingerprint density at radius 3 is 2.10 bits per heavy atom. The Kier molecular flexibility index (Phi) is 6.47. The first-order valence-corrected chi connectivity index (χ1v) is 9.11. The first kappa shape index (κ1) is 19.9. The maximum absolute atomic E-state index is 12.2. The normalized spacial score (nSPS) is 10.7. The predicted molar refractivity (Wildman–Crippen MR) is 112 cm³/mol. The molecule has 3 aromatic carbocycles. The lowest BCUT2D eigenvalue weighted by atomic mass is 10.1. The molecule has 0 saturated carbocycles. The van der Waals surface area contributed by atoms with E-state index in [1.807, 2.05) is 44.2 Å². The van der Waals surface area contributed by atoms with Gasteiger partial charge in [0.1, 0.15) is 12.0 Å². The van der Waals surface area contributed by atoms with Gasteiger partial charge in [-0.25, -0.2) is 0 Å². The van der Waals surface area contributed by atoms with E-state index < -0.39 is 0 Å². The van der Waals surface area contributed by atoms with Gasteiger partial charge >= 0.3 is 0 Å². The first-order chi connectivity index (χ1) is 14.0. The van der Waals surface area contributed by atoms with E-state index in [1.165, 1.54) is 0 Å². The number of ether oxygens (including phenoxy) is 1. The van der Waals surface area contributed by atoms with Crippen LogP contribution in [-0.4, -0.2) is 18.8 Å². The zero-order chi connectivity index (χ0) is 20.6. The van der Waals surface area contributed by atoms with E-state index in [0.29, 0.717) is 22.7 Å². The standard InChI is InChI=1S/C23H21N3O3/c1-16-12-18(14-27)13-17(2)23(16)29-15-22(28)24-19-8-10-21(11-9-19)26-25-20-6-4-3-5-7-20/h3-14H,15H2,1-2H3,(H,24,28). The maximum Gasteiger partial charge on any atom is 0.262 e. The molecular formula is C23H21N3O3. The number of rotatable bonds is 7. The molecule has 0 aliphatic heterocycles. The molecule has 0 saturated heterocycles. The van der Waals surface area contributed by atoms with Crippen molar-refractivity contribution in [3.05, 3.63) is 83.4 Å². The highest BCUT2D eigenvalue weighted by molar-refractivity contribution is 5.92. The third-order valence-corrected chi connectivity index (χ3v) is 4.15. The number of nitrogens with one attached hydrogen (secondary N) is 1. The van der Waals surface area contributed by atoms with Gasteiger partial charge in [0.25, 0.3) is 5.91 Å². The van der Waals surface area contributed by atoms with Crippen LogP contribution in [0.15, 0.2) is 77.0 Å². The van der Waals surface area contributed by atoms with E-state index in [1.54, 1.807) is 36.4 Å². The Labute approximate surface area is 169 Å². The van der Waals surface area contributed by atoms with Crippen LogP contribution in [0.2, 0.25) is 0 Å². The smallest absolute Gasteiger partial charge is 0.262 e. The molecule has 0 aliphatic rings. The SMILES string of the molecule is Cc1cc(C=O)cc(C)c1OCC(=O)Nc1ccc(N=Nc2ccccc2)cc1. The molecule has 29 heavy (non-hydrogen) atoms. The molecule has 0 spiro atoms. The van der Waals surface area contributed by atoms with E-state index >= 15 is 0 Å². The number of amides is 1. The van der Waals surface area contributed by atoms with E-state index in [4.69, 9.17) is 4.74 Å². The van der Waals surface area contributed by atoms with Crippen LogP contribution in [0.25, 0.3) is 0 Å². The molecule has 0 heterocycles. The van der Waals surface area contributed by atoms with Crippen LogP contribution < -0.4 is 10.1 Å². The van der Waals surface area contributed by atoms with Crippen molar-refractivity contribution in [1.29, 1.82) is 0 Å². The second-order valence-corrected chi connectivity index (χ2v) is 6.52. The Morgan fingerprint density at radius 1 is 0.931 bits per heavy atom. The van der Waals surface area contributed by atoms with Crippen molar-refractivity contribution in [3.63, 3.8) is 0 Å². The summed E-state index contributed by atoms with van der Waals surface area (Å²) in [5, 5.41) is 11.1. The number of nitrogens with zero attached hydrogens (tertiary/aromatic N) is 2. The molecule has 3 aromatic rings. The van der Waals surface area contributed by atoms with Gasteiger partial charge in [-0.2, -0.15) is 10.2 Å². The molecule has 1 amide bonds. The predicted octanol–water partition coefficient (Wildman–Crippen LogP) is 5.55. The molecule has 0 aromatic heterocycles. The number of azo groups is 1. The monoisotopic (exact) mass is 387 g/mol. The summed E-state index contributed by atoms with van der Waals surface area (Å²) in [4.78, 5) is 23.1. The van der Waals surface area contributed by atoms with E-state index in [2.05, 4.69) is 15.5 Å². The minimum atomic E-state index is -0.276. The van der Waals surface area contributed by atoms with Gasteiger partial charge in [-0.1, -0.05) is 18.2 Å². The lowest BCUT2D eigenvalue weighted by molar-refractivity contribution is -0.118. The zero-order valence-electron chi connectivity index (χ0n) is 16.3. The summed E-state index contributed by atoms with van der Waals surface area (Å²) < 4.78 is 5.65. The Morgan fingerprint density at radius 2 is 1.52 bits per heavy atom. The summed E-state index contributed by atoms with van der Waals surface area (Å²) >= 11 is 0. The topological polar surface area (TPSA) is 80.1 Å². The number of anilines is 1. The number of carbonyl (C=O) groups is 2. The number of hydrogen-bond donors (Lipinski definition) is 1. The van der Waals surface area contributed by atoms with Crippen LogP contribution in [0.5, 0.6) is 5.75 Å². The first-order valence-electron chi connectivity index (χ1n) is 9.11.